The first-order valence-corrected chi connectivity index (χ1v) is 5.37. The average Bonchev–Trinajstić information content (AvgIpc) is 2.36. The molecule has 0 aliphatic heterocycles. The number of pyridine rings is 1. The molecule has 19 heavy (non-hydrogen) atoms. The molecule has 2 aromatic rings. The Balaban J connectivity index is 2.21. The van der Waals surface area contributed by atoms with Crippen molar-refractivity contribution < 1.29 is 13.2 Å². The minimum atomic E-state index is -4.33. The summed E-state index contributed by atoms with van der Waals surface area (Å²) in [5.74, 6) is 5.82. The highest BCUT2D eigenvalue weighted by molar-refractivity contribution is 5.43. The van der Waals surface area contributed by atoms with E-state index in [9.17, 15) is 13.2 Å². The number of alkyl halides is 3. The van der Waals surface area contributed by atoms with Crippen LogP contribution < -0.4 is 5.73 Å². The van der Waals surface area contributed by atoms with E-state index >= 15 is 0 Å². The van der Waals surface area contributed by atoms with E-state index in [0.717, 1.165) is 12.1 Å². The van der Waals surface area contributed by atoms with E-state index in [1.165, 1.54) is 12.1 Å². The molecule has 0 radical (unpaired) electrons. The van der Waals surface area contributed by atoms with E-state index in [-0.39, 0.29) is 0 Å². The number of aromatic nitrogens is 1. The van der Waals surface area contributed by atoms with Crippen molar-refractivity contribution in [2.75, 3.05) is 5.73 Å². The van der Waals surface area contributed by atoms with Gasteiger partial charge in [0.05, 0.1) is 5.56 Å². The van der Waals surface area contributed by atoms with Gasteiger partial charge >= 0.3 is 6.18 Å². The Hall–Kier alpha value is -2.48. The number of nitrogens with zero attached hydrogens (tertiary/aromatic N) is 1. The van der Waals surface area contributed by atoms with Crippen LogP contribution >= 0.6 is 0 Å². The topological polar surface area (TPSA) is 38.9 Å². The van der Waals surface area contributed by atoms with Gasteiger partial charge in [0.1, 0.15) is 11.5 Å². The fourth-order valence-electron chi connectivity index (χ4n) is 1.40. The summed E-state index contributed by atoms with van der Waals surface area (Å²) in [5.41, 5.74) is 5.75. The molecular formula is C14H9F3N2. The molecule has 0 aliphatic rings. The summed E-state index contributed by atoms with van der Waals surface area (Å²) in [6.07, 6.45) is -4.33. The second kappa shape index (κ2) is 5.02. The van der Waals surface area contributed by atoms with E-state index in [4.69, 9.17) is 5.73 Å². The van der Waals surface area contributed by atoms with Crippen LogP contribution in [0.2, 0.25) is 0 Å². The maximum atomic E-state index is 12.4. The van der Waals surface area contributed by atoms with Crippen molar-refractivity contribution in [3.05, 3.63) is 59.3 Å². The third kappa shape index (κ3) is 3.49. The first-order chi connectivity index (χ1) is 8.95. The molecule has 2 nitrogen and oxygen atoms in total. The first-order valence-electron chi connectivity index (χ1n) is 5.37. The molecule has 0 saturated heterocycles. The second-order valence-electron chi connectivity index (χ2n) is 3.77. The van der Waals surface area contributed by atoms with Crippen molar-refractivity contribution in [3.63, 3.8) is 0 Å². The third-order valence-corrected chi connectivity index (χ3v) is 2.32. The number of halogens is 3. The van der Waals surface area contributed by atoms with Gasteiger partial charge in [-0.25, -0.2) is 4.98 Å². The van der Waals surface area contributed by atoms with E-state index < -0.39 is 11.7 Å². The van der Waals surface area contributed by atoms with Gasteiger partial charge in [-0.15, -0.1) is 0 Å². The van der Waals surface area contributed by atoms with E-state index in [0.29, 0.717) is 17.1 Å². The number of benzene rings is 1. The minimum Gasteiger partial charge on any atom is -0.384 e. The lowest BCUT2D eigenvalue weighted by atomic mass is 10.1. The van der Waals surface area contributed by atoms with E-state index in [2.05, 4.69) is 16.8 Å². The maximum absolute atomic E-state index is 12.4. The van der Waals surface area contributed by atoms with Gasteiger partial charge in [-0.2, -0.15) is 13.2 Å². The molecule has 1 aromatic heterocycles. The molecule has 2 N–H and O–H groups in total. The zero-order chi connectivity index (χ0) is 13.9. The molecule has 0 atom stereocenters. The molecule has 0 aliphatic carbocycles. The standard InChI is InChI=1S/C14H9F3N2/c15-14(16,17)11-7-4-10(5-8-11)6-9-12-2-1-3-13(18)19-12/h1-5,7-8H,(H2,18,19). The fraction of sp³-hybridized carbons (Fsp3) is 0.0714. The maximum Gasteiger partial charge on any atom is 0.416 e. The van der Waals surface area contributed by atoms with Gasteiger partial charge < -0.3 is 5.73 Å². The van der Waals surface area contributed by atoms with Crippen LogP contribution in [-0.4, -0.2) is 4.98 Å². The SMILES string of the molecule is Nc1cccc(C#Cc2ccc(C(F)(F)F)cc2)n1. The quantitative estimate of drug-likeness (QED) is 0.741. The summed E-state index contributed by atoms with van der Waals surface area (Å²) in [7, 11) is 0. The predicted octanol–water partition coefficient (Wildman–Crippen LogP) is 3.08. The summed E-state index contributed by atoms with van der Waals surface area (Å²) in [5, 5.41) is 0. The normalized spacial score (nSPS) is 10.7. The van der Waals surface area contributed by atoms with Gasteiger partial charge in [0, 0.05) is 5.56 Å². The highest BCUT2D eigenvalue weighted by atomic mass is 19.4. The van der Waals surface area contributed by atoms with Crippen LogP contribution in [0.1, 0.15) is 16.8 Å². The zero-order valence-corrected chi connectivity index (χ0v) is 9.70. The molecule has 0 amide bonds. The van der Waals surface area contributed by atoms with Crippen molar-refractivity contribution >= 4 is 5.82 Å². The Morgan fingerprint density at radius 2 is 1.63 bits per heavy atom. The summed E-state index contributed by atoms with van der Waals surface area (Å²) < 4.78 is 37.1. The van der Waals surface area contributed by atoms with Crippen molar-refractivity contribution in [1.82, 2.24) is 4.98 Å². The molecule has 1 heterocycles. The Kier molecular flexibility index (Phi) is 3.43. The largest absolute Gasteiger partial charge is 0.416 e. The predicted molar refractivity (Wildman–Crippen MR) is 66.1 cm³/mol. The third-order valence-electron chi connectivity index (χ3n) is 2.32. The summed E-state index contributed by atoms with van der Waals surface area (Å²) in [6.45, 7) is 0. The fourth-order valence-corrected chi connectivity index (χ4v) is 1.40. The van der Waals surface area contributed by atoms with Gasteiger partial charge in [0.15, 0.2) is 0 Å². The number of anilines is 1. The van der Waals surface area contributed by atoms with Crippen molar-refractivity contribution in [2.24, 2.45) is 0 Å². The van der Waals surface area contributed by atoms with E-state index in [1.54, 1.807) is 18.2 Å². The molecule has 0 saturated carbocycles. The lowest BCUT2D eigenvalue weighted by molar-refractivity contribution is -0.137. The summed E-state index contributed by atoms with van der Waals surface area (Å²) in [4.78, 5) is 3.97. The average molecular weight is 262 g/mol. The molecular weight excluding hydrogens is 253 g/mol. The van der Waals surface area contributed by atoms with Crippen LogP contribution in [0.5, 0.6) is 0 Å². The van der Waals surface area contributed by atoms with Crippen LogP contribution in [0.3, 0.4) is 0 Å². The van der Waals surface area contributed by atoms with Gasteiger partial charge in [-0.3, -0.25) is 0 Å². The molecule has 0 bridgehead atoms. The second-order valence-corrected chi connectivity index (χ2v) is 3.77. The number of nitrogen functional groups attached to an aromatic ring is 1. The number of hydrogen-bond acceptors (Lipinski definition) is 2. The molecule has 5 heteroatoms. The molecule has 1 aromatic carbocycles. The van der Waals surface area contributed by atoms with Gasteiger partial charge in [0.25, 0.3) is 0 Å². The smallest absolute Gasteiger partial charge is 0.384 e. The Morgan fingerprint density at radius 3 is 2.21 bits per heavy atom. The van der Waals surface area contributed by atoms with Gasteiger partial charge in [-0.1, -0.05) is 12.0 Å². The highest BCUT2D eigenvalue weighted by Gasteiger charge is 2.29. The molecule has 96 valence electrons. The van der Waals surface area contributed by atoms with Crippen LogP contribution in [0.25, 0.3) is 0 Å². The van der Waals surface area contributed by atoms with Crippen LogP contribution in [0, 0.1) is 11.8 Å². The highest BCUT2D eigenvalue weighted by Crippen LogP contribution is 2.28. The molecule has 2 rings (SSSR count). The van der Waals surface area contributed by atoms with Gasteiger partial charge in [0.2, 0.25) is 0 Å². The molecule has 0 fully saturated rings. The number of nitrogens with two attached hydrogens (primary N) is 1. The van der Waals surface area contributed by atoms with Gasteiger partial charge in [-0.05, 0) is 42.3 Å². The summed E-state index contributed by atoms with van der Waals surface area (Å²) >= 11 is 0. The molecule has 0 unspecified atom stereocenters. The summed E-state index contributed by atoms with van der Waals surface area (Å²) in [6, 6.07) is 9.65. The Bertz CT molecular complexity index is 634. The van der Waals surface area contributed by atoms with Crippen LogP contribution in [-0.2, 0) is 6.18 Å². The van der Waals surface area contributed by atoms with Crippen molar-refractivity contribution in [3.8, 4) is 11.8 Å². The zero-order valence-electron chi connectivity index (χ0n) is 9.70. The first kappa shape index (κ1) is 13.0. The lowest BCUT2D eigenvalue weighted by Crippen LogP contribution is -2.04. The van der Waals surface area contributed by atoms with Crippen molar-refractivity contribution in [1.29, 1.82) is 0 Å². The van der Waals surface area contributed by atoms with E-state index in [1.807, 2.05) is 0 Å². The number of hydrogen-bond donors (Lipinski definition) is 1. The molecule has 0 spiro atoms. The lowest BCUT2D eigenvalue weighted by Gasteiger charge is -2.05. The minimum absolute atomic E-state index is 0.346. The van der Waals surface area contributed by atoms with Crippen LogP contribution in [0.15, 0.2) is 42.5 Å². The monoisotopic (exact) mass is 262 g/mol. The Labute approximate surface area is 108 Å². The van der Waals surface area contributed by atoms with Crippen molar-refractivity contribution in [2.45, 2.75) is 6.18 Å². The Morgan fingerprint density at radius 1 is 0.947 bits per heavy atom. The van der Waals surface area contributed by atoms with Crippen LogP contribution in [0.4, 0.5) is 19.0 Å². The number of rotatable bonds is 0.